The molecule has 0 spiro atoms. The topological polar surface area (TPSA) is 51.5 Å². The summed E-state index contributed by atoms with van der Waals surface area (Å²) in [6.07, 6.45) is 0. The summed E-state index contributed by atoms with van der Waals surface area (Å²) in [6.45, 7) is 7.10. The molecule has 0 atom stereocenters. The van der Waals surface area contributed by atoms with Crippen LogP contribution in [-0.4, -0.2) is 16.3 Å². The van der Waals surface area contributed by atoms with Gasteiger partial charge >= 0.3 is 0 Å². The Hall–Kier alpha value is -2.07. The van der Waals surface area contributed by atoms with E-state index < -0.39 is 0 Å². The normalized spacial score (nSPS) is 11.0. The standard InChI is InChI=1S/C18H23NO3/c1-4-19-17(9-8-15(11-20)18(19)21)14-6-5-7-16(10-14)22-12-13(2)3/h5-10,13,20H,4,11-12H2,1-3H3. The second-order valence-corrected chi connectivity index (χ2v) is 5.68. The highest BCUT2D eigenvalue weighted by Crippen LogP contribution is 2.23. The second-order valence-electron chi connectivity index (χ2n) is 5.68. The third-order valence-corrected chi connectivity index (χ3v) is 3.45. The molecule has 4 heteroatoms. The molecule has 0 bridgehead atoms. The number of hydrogen-bond donors (Lipinski definition) is 1. The van der Waals surface area contributed by atoms with Gasteiger partial charge in [-0.2, -0.15) is 0 Å². The van der Waals surface area contributed by atoms with E-state index in [-0.39, 0.29) is 12.2 Å². The molecule has 118 valence electrons. The SMILES string of the molecule is CCn1c(-c2cccc(OCC(C)C)c2)ccc(CO)c1=O. The molecule has 0 amide bonds. The molecule has 0 unspecified atom stereocenters. The number of benzene rings is 1. The van der Waals surface area contributed by atoms with Gasteiger partial charge in [0.25, 0.3) is 5.56 Å². The van der Waals surface area contributed by atoms with Crippen molar-refractivity contribution in [1.82, 2.24) is 4.57 Å². The average molecular weight is 301 g/mol. The van der Waals surface area contributed by atoms with Crippen LogP contribution < -0.4 is 10.3 Å². The predicted molar refractivity (Wildman–Crippen MR) is 88.1 cm³/mol. The maximum atomic E-state index is 12.3. The van der Waals surface area contributed by atoms with Crippen molar-refractivity contribution in [1.29, 1.82) is 0 Å². The zero-order chi connectivity index (χ0) is 16.1. The molecule has 1 N–H and O–H groups in total. The minimum atomic E-state index is -0.239. The third kappa shape index (κ3) is 3.57. The van der Waals surface area contributed by atoms with Crippen LogP contribution in [0.15, 0.2) is 41.2 Å². The quantitative estimate of drug-likeness (QED) is 0.892. The van der Waals surface area contributed by atoms with E-state index in [9.17, 15) is 9.90 Å². The maximum absolute atomic E-state index is 12.3. The van der Waals surface area contributed by atoms with Gasteiger partial charge in [-0.1, -0.05) is 26.0 Å². The van der Waals surface area contributed by atoms with E-state index in [1.807, 2.05) is 37.3 Å². The Morgan fingerprint density at radius 1 is 1.23 bits per heavy atom. The van der Waals surface area contributed by atoms with Crippen LogP contribution in [0.25, 0.3) is 11.3 Å². The Morgan fingerprint density at radius 2 is 2.00 bits per heavy atom. The number of hydrogen-bond acceptors (Lipinski definition) is 3. The molecule has 0 aliphatic carbocycles. The molecule has 2 aromatic rings. The zero-order valence-electron chi connectivity index (χ0n) is 13.4. The fraction of sp³-hybridized carbons (Fsp3) is 0.389. The van der Waals surface area contributed by atoms with Gasteiger partial charge in [0.05, 0.1) is 18.9 Å². The number of aliphatic hydroxyl groups is 1. The summed E-state index contributed by atoms with van der Waals surface area (Å²) in [5.74, 6) is 1.26. The van der Waals surface area contributed by atoms with Gasteiger partial charge in [-0.15, -0.1) is 0 Å². The first kappa shape index (κ1) is 16.3. The molecule has 1 heterocycles. The Kier molecular flexibility index (Phi) is 5.39. The van der Waals surface area contributed by atoms with Crippen molar-refractivity contribution < 1.29 is 9.84 Å². The average Bonchev–Trinajstić information content (AvgIpc) is 2.52. The molecule has 0 saturated heterocycles. The highest BCUT2D eigenvalue weighted by Gasteiger charge is 2.09. The summed E-state index contributed by atoms with van der Waals surface area (Å²) in [5.41, 5.74) is 2.04. The summed E-state index contributed by atoms with van der Waals surface area (Å²) < 4.78 is 7.42. The summed E-state index contributed by atoms with van der Waals surface area (Å²) in [6, 6.07) is 11.3. The Labute approximate surface area is 131 Å². The number of rotatable bonds is 6. The van der Waals surface area contributed by atoms with Gasteiger partial charge in [-0.25, -0.2) is 0 Å². The first-order valence-corrected chi connectivity index (χ1v) is 7.63. The molecule has 4 nitrogen and oxygen atoms in total. The van der Waals surface area contributed by atoms with E-state index >= 15 is 0 Å². The molecule has 22 heavy (non-hydrogen) atoms. The van der Waals surface area contributed by atoms with Crippen LogP contribution in [0, 0.1) is 5.92 Å². The summed E-state index contributed by atoms with van der Waals surface area (Å²) in [4.78, 5) is 12.3. The van der Waals surface area contributed by atoms with Crippen molar-refractivity contribution in [2.75, 3.05) is 6.61 Å². The lowest BCUT2D eigenvalue weighted by Crippen LogP contribution is -2.24. The fourth-order valence-electron chi connectivity index (χ4n) is 2.32. The van der Waals surface area contributed by atoms with Crippen LogP contribution in [-0.2, 0) is 13.2 Å². The van der Waals surface area contributed by atoms with Crippen molar-refractivity contribution in [3.05, 3.63) is 52.3 Å². The van der Waals surface area contributed by atoms with Gasteiger partial charge in [0.15, 0.2) is 0 Å². The molecule has 0 aliphatic rings. The summed E-state index contributed by atoms with van der Waals surface area (Å²) >= 11 is 0. The number of aromatic nitrogens is 1. The van der Waals surface area contributed by atoms with E-state index in [1.165, 1.54) is 0 Å². The van der Waals surface area contributed by atoms with Crippen LogP contribution in [0.1, 0.15) is 26.3 Å². The molecule has 1 aromatic carbocycles. The molecular weight excluding hydrogens is 278 g/mol. The second kappa shape index (κ2) is 7.27. The van der Waals surface area contributed by atoms with Crippen LogP contribution in [0.3, 0.4) is 0 Å². The number of aliphatic hydroxyl groups excluding tert-OH is 1. The molecule has 0 aliphatic heterocycles. The van der Waals surface area contributed by atoms with Crippen molar-refractivity contribution >= 4 is 0 Å². The number of ether oxygens (including phenoxy) is 1. The first-order chi connectivity index (χ1) is 10.6. The monoisotopic (exact) mass is 301 g/mol. The van der Waals surface area contributed by atoms with E-state index in [0.717, 1.165) is 17.0 Å². The highest BCUT2D eigenvalue weighted by atomic mass is 16.5. The summed E-state index contributed by atoms with van der Waals surface area (Å²) in [7, 11) is 0. The molecule has 0 fully saturated rings. The number of nitrogens with zero attached hydrogens (tertiary/aromatic N) is 1. The van der Waals surface area contributed by atoms with Crippen LogP contribution in [0.4, 0.5) is 0 Å². The lowest BCUT2D eigenvalue weighted by Gasteiger charge is -2.14. The smallest absolute Gasteiger partial charge is 0.256 e. The van der Waals surface area contributed by atoms with Gasteiger partial charge in [0.1, 0.15) is 5.75 Å². The van der Waals surface area contributed by atoms with Crippen molar-refractivity contribution in [2.45, 2.75) is 33.9 Å². The third-order valence-electron chi connectivity index (χ3n) is 3.45. The van der Waals surface area contributed by atoms with Gasteiger partial charge in [0.2, 0.25) is 0 Å². The molecule has 1 aromatic heterocycles. The van der Waals surface area contributed by atoms with E-state index in [1.54, 1.807) is 10.6 Å². The molecule has 0 radical (unpaired) electrons. The van der Waals surface area contributed by atoms with Crippen molar-refractivity contribution in [2.24, 2.45) is 5.92 Å². The van der Waals surface area contributed by atoms with Crippen LogP contribution in [0.2, 0.25) is 0 Å². The predicted octanol–water partition coefficient (Wildman–Crippen LogP) is 3.06. The van der Waals surface area contributed by atoms with Gasteiger partial charge in [-0.3, -0.25) is 4.79 Å². The molecule has 2 rings (SSSR count). The maximum Gasteiger partial charge on any atom is 0.256 e. The van der Waals surface area contributed by atoms with E-state index in [2.05, 4.69) is 13.8 Å². The minimum absolute atomic E-state index is 0.143. The number of pyridine rings is 1. The van der Waals surface area contributed by atoms with E-state index in [0.29, 0.717) is 24.6 Å². The Bertz CT molecular complexity index is 689. The fourth-order valence-corrected chi connectivity index (χ4v) is 2.32. The largest absolute Gasteiger partial charge is 0.493 e. The zero-order valence-corrected chi connectivity index (χ0v) is 13.4. The lowest BCUT2D eigenvalue weighted by atomic mass is 10.1. The van der Waals surface area contributed by atoms with Crippen LogP contribution in [0.5, 0.6) is 5.75 Å². The highest BCUT2D eigenvalue weighted by molar-refractivity contribution is 5.62. The van der Waals surface area contributed by atoms with Crippen molar-refractivity contribution in [3.63, 3.8) is 0 Å². The Balaban J connectivity index is 2.42. The molecular formula is C18H23NO3. The lowest BCUT2D eigenvalue weighted by molar-refractivity contribution is 0.271. The van der Waals surface area contributed by atoms with E-state index in [4.69, 9.17) is 4.74 Å². The van der Waals surface area contributed by atoms with Crippen molar-refractivity contribution in [3.8, 4) is 17.0 Å². The Morgan fingerprint density at radius 3 is 2.64 bits per heavy atom. The first-order valence-electron chi connectivity index (χ1n) is 7.63. The summed E-state index contributed by atoms with van der Waals surface area (Å²) in [5, 5.41) is 9.23. The van der Waals surface area contributed by atoms with Gasteiger partial charge in [-0.05, 0) is 37.1 Å². The van der Waals surface area contributed by atoms with Crippen LogP contribution >= 0.6 is 0 Å². The minimum Gasteiger partial charge on any atom is -0.493 e. The van der Waals surface area contributed by atoms with Gasteiger partial charge in [0, 0.05) is 17.7 Å². The van der Waals surface area contributed by atoms with Gasteiger partial charge < -0.3 is 14.4 Å². The molecule has 0 saturated carbocycles.